The Balaban J connectivity index is 1.33. The minimum atomic E-state index is -0.288. The number of methoxy groups -OCH3 is 1. The van der Waals surface area contributed by atoms with Gasteiger partial charge in [0.2, 0.25) is 0 Å². The van der Waals surface area contributed by atoms with Gasteiger partial charge in [0.25, 0.3) is 0 Å². The van der Waals surface area contributed by atoms with Crippen LogP contribution in [0.15, 0.2) is 66.2 Å². The van der Waals surface area contributed by atoms with Crippen LogP contribution in [0, 0.1) is 5.82 Å². The Morgan fingerprint density at radius 3 is 2.87 bits per heavy atom. The standard InChI is InChI=1S/C23H27FN6O/c1-25-23(27-14-17-7-8-20(19(24)13-17)30-12-10-26-16-30)28-18-9-11-29(15-18)21-5-3-4-6-22(21)31-2/h3-8,10,12-13,16,18H,9,11,14-15H2,1-2H3,(H2,25,27,28). The summed E-state index contributed by atoms with van der Waals surface area (Å²) in [7, 11) is 3.44. The highest BCUT2D eigenvalue weighted by molar-refractivity contribution is 5.80. The number of aliphatic imine (C=N–C) groups is 1. The molecular formula is C23H27FN6O. The van der Waals surface area contributed by atoms with Gasteiger partial charge in [-0.3, -0.25) is 4.99 Å². The maximum atomic E-state index is 14.5. The Bertz CT molecular complexity index is 1040. The van der Waals surface area contributed by atoms with Crippen LogP contribution >= 0.6 is 0 Å². The average Bonchev–Trinajstić information content (AvgIpc) is 3.49. The molecule has 0 saturated carbocycles. The molecule has 1 atom stereocenters. The number of halogens is 1. The fourth-order valence-electron chi connectivity index (χ4n) is 3.83. The molecular weight excluding hydrogens is 395 g/mol. The first kappa shape index (κ1) is 20.7. The Labute approximate surface area is 181 Å². The van der Waals surface area contributed by atoms with E-state index in [2.05, 4.69) is 31.6 Å². The van der Waals surface area contributed by atoms with Gasteiger partial charge in [0.1, 0.15) is 11.6 Å². The van der Waals surface area contributed by atoms with E-state index in [1.165, 1.54) is 6.07 Å². The number of ether oxygens (including phenoxy) is 1. The lowest BCUT2D eigenvalue weighted by atomic mass is 10.2. The van der Waals surface area contributed by atoms with Crippen molar-refractivity contribution in [1.29, 1.82) is 0 Å². The zero-order valence-corrected chi connectivity index (χ0v) is 17.8. The number of aromatic nitrogens is 2. The van der Waals surface area contributed by atoms with Crippen molar-refractivity contribution in [2.45, 2.75) is 19.0 Å². The van der Waals surface area contributed by atoms with Crippen molar-refractivity contribution in [2.24, 2.45) is 4.99 Å². The monoisotopic (exact) mass is 422 g/mol. The van der Waals surface area contributed by atoms with Gasteiger partial charge in [0, 0.05) is 45.1 Å². The van der Waals surface area contributed by atoms with E-state index < -0.39 is 0 Å². The molecule has 0 amide bonds. The Morgan fingerprint density at radius 1 is 1.26 bits per heavy atom. The number of hydrogen-bond acceptors (Lipinski definition) is 4. The molecule has 31 heavy (non-hydrogen) atoms. The predicted molar refractivity (Wildman–Crippen MR) is 120 cm³/mol. The number of nitrogens with zero attached hydrogens (tertiary/aromatic N) is 4. The largest absolute Gasteiger partial charge is 0.495 e. The van der Waals surface area contributed by atoms with Crippen LogP contribution in [-0.2, 0) is 6.54 Å². The maximum Gasteiger partial charge on any atom is 0.191 e. The van der Waals surface area contributed by atoms with Gasteiger partial charge in [-0.2, -0.15) is 0 Å². The van der Waals surface area contributed by atoms with Gasteiger partial charge < -0.3 is 24.8 Å². The predicted octanol–water partition coefficient (Wildman–Crippen LogP) is 2.96. The van der Waals surface area contributed by atoms with E-state index in [4.69, 9.17) is 4.74 Å². The summed E-state index contributed by atoms with van der Waals surface area (Å²) in [5.41, 5.74) is 2.42. The highest BCUT2D eigenvalue weighted by Gasteiger charge is 2.25. The Kier molecular flexibility index (Phi) is 6.35. The van der Waals surface area contributed by atoms with Crippen LogP contribution in [0.4, 0.5) is 10.1 Å². The molecule has 0 spiro atoms. The van der Waals surface area contributed by atoms with Crippen LogP contribution in [0.25, 0.3) is 5.69 Å². The van der Waals surface area contributed by atoms with E-state index >= 15 is 0 Å². The first-order valence-corrected chi connectivity index (χ1v) is 10.3. The molecule has 0 aliphatic carbocycles. The summed E-state index contributed by atoms with van der Waals surface area (Å²) >= 11 is 0. The number of anilines is 1. The summed E-state index contributed by atoms with van der Waals surface area (Å²) < 4.78 is 21.6. The number of rotatable bonds is 6. The molecule has 1 aromatic heterocycles. The molecule has 1 saturated heterocycles. The summed E-state index contributed by atoms with van der Waals surface area (Å²) in [5.74, 6) is 1.29. The fourth-order valence-corrected chi connectivity index (χ4v) is 3.83. The molecule has 1 unspecified atom stereocenters. The second-order valence-corrected chi connectivity index (χ2v) is 7.43. The number of hydrogen-bond donors (Lipinski definition) is 2. The SMILES string of the molecule is CN=C(NCc1ccc(-n2ccnc2)c(F)c1)NC1CCN(c2ccccc2OC)C1. The number of guanidine groups is 1. The first-order chi connectivity index (χ1) is 15.2. The molecule has 4 rings (SSSR count). The van der Waals surface area contributed by atoms with Gasteiger partial charge in [-0.25, -0.2) is 9.37 Å². The van der Waals surface area contributed by atoms with Crippen molar-refractivity contribution in [3.63, 3.8) is 0 Å². The van der Waals surface area contributed by atoms with Crippen LogP contribution in [0.2, 0.25) is 0 Å². The van der Waals surface area contributed by atoms with Crippen molar-refractivity contribution in [2.75, 3.05) is 32.1 Å². The number of benzene rings is 2. The number of nitrogens with one attached hydrogen (secondary N) is 2. The summed E-state index contributed by atoms with van der Waals surface area (Å²) in [6, 6.07) is 13.5. The van der Waals surface area contributed by atoms with Crippen LogP contribution in [0.5, 0.6) is 5.75 Å². The van der Waals surface area contributed by atoms with Gasteiger partial charge in [-0.15, -0.1) is 0 Å². The third-order valence-corrected chi connectivity index (χ3v) is 5.43. The van der Waals surface area contributed by atoms with Crippen molar-refractivity contribution < 1.29 is 9.13 Å². The van der Waals surface area contributed by atoms with E-state index in [1.54, 1.807) is 43.5 Å². The summed E-state index contributed by atoms with van der Waals surface area (Å²) in [6.45, 7) is 2.27. The molecule has 0 radical (unpaired) electrons. The van der Waals surface area contributed by atoms with Gasteiger partial charge >= 0.3 is 0 Å². The molecule has 2 aromatic carbocycles. The molecule has 0 bridgehead atoms. The summed E-state index contributed by atoms with van der Waals surface area (Å²) in [4.78, 5) is 10.6. The van der Waals surface area contributed by atoms with E-state index in [9.17, 15) is 4.39 Å². The van der Waals surface area contributed by atoms with Crippen molar-refractivity contribution in [1.82, 2.24) is 20.2 Å². The lowest BCUT2D eigenvalue weighted by molar-refractivity contribution is 0.415. The van der Waals surface area contributed by atoms with Gasteiger partial charge in [-0.05, 0) is 36.2 Å². The highest BCUT2D eigenvalue weighted by atomic mass is 19.1. The van der Waals surface area contributed by atoms with Crippen LogP contribution < -0.4 is 20.3 Å². The molecule has 7 nitrogen and oxygen atoms in total. The molecule has 8 heteroatoms. The van der Waals surface area contributed by atoms with Crippen molar-refractivity contribution in [3.05, 3.63) is 72.6 Å². The molecule has 1 aliphatic heterocycles. The van der Waals surface area contributed by atoms with E-state index in [0.717, 1.165) is 36.5 Å². The van der Waals surface area contributed by atoms with Gasteiger partial charge in [-0.1, -0.05) is 18.2 Å². The summed E-state index contributed by atoms with van der Waals surface area (Å²) in [5, 5.41) is 6.75. The van der Waals surface area contributed by atoms with Crippen molar-refractivity contribution in [3.8, 4) is 11.4 Å². The number of para-hydroxylation sites is 2. The molecule has 162 valence electrons. The minimum absolute atomic E-state index is 0.261. The number of imidazole rings is 1. The van der Waals surface area contributed by atoms with E-state index in [-0.39, 0.29) is 11.9 Å². The van der Waals surface area contributed by atoms with E-state index in [1.807, 2.05) is 24.3 Å². The average molecular weight is 423 g/mol. The van der Waals surface area contributed by atoms with E-state index in [0.29, 0.717) is 18.2 Å². The second-order valence-electron chi connectivity index (χ2n) is 7.43. The third kappa shape index (κ3) is 4.79. The van der Waals surface area contributed by atoms with Crippen LogP contribution in [0.1, 0.15) is 12.0 Å². The fraction of sp³-hybridized carbons (Fsp3) is 0.304. The van der Waals surface area contributed by atoms with Gasteiger partial charge in [0.15, 0.2) is 5.96 Å². The Hall–Kier alpha value is -3.55. The lowest BCUT2D eigenvalue weighted by Crippen LogP contribution is -2.44. The maximum absolute atomic E-state index is 14.5. The van der Waals surface area contributed by atoms with Crippen LogP contribution in [0.3, 0.4) is 0 Å². The second kappa shape index (κ2) is 9.51. The molecule has 2 N–H and O–H groups in total. The van der Waals surface area contributed by atoms with Gasteiger partial charge in [0.05, 0.1) is 24.8 Å². The normalized spacial score (nSPS) is 16.4. The smallest absolute Gasteiger partial charge is 0.191 e. The lowest BCUT2D eigenvalue weighted by Gasteiger charge is -2.22. The van der Waals surface area contributed by atoms with Crippen molar-refractivity contribution >= 4 is 11.6 Å². The zero-order valence-electron chi connectivity index (χ0n) is 17.8. The Morgan fingerprint density at radius 2 is 2.13 bits per heavy atom. The topological polar surface area (TPSA) is 66.7 Å². The summed E-state index contributed by atoms with van der Waals surface area (Å²) in [6.07, 6.45) is 5.92. The highest BCUT2D eigenvalue weighted by Crippen LogP contribution is 2.30. The molecule has 2 heterocycles. The molecule has 1 aliphatic rings. The quantitative estimate of drug-likeness (QED) is 0.472. The first-order valence-electron chi connectivity index (χ1n) is 10.3. The molecule has 3 aromatic rings. The molecule has 1 fully saturated rings. The zero-order chi connectivity index (χ0) is 21.6. The minimum Gasteiger partial charge on any atom is -0.495 e. The third-order valence-electron chi connectivity index (χ3n) is 5.43. The van der Waals surface area contributed by atoms with Crippen LogP contribution in [-0.4, -0.2) is 48.8 Å².